The highest BCUT2D eigenvalue weighted by atomic mass is 16.3. The average molecular weight is 343 g/mol. The molecule has 130 valence electrons. The number of aliphatic hydroxyl groups excluding tert-OH is 1. The van der Waals surface area contributed by atoms with Crippen LogP contribution >= 0.6 is 0 Å². The minimum absolute atomic E-state index is 0.0434. The Morgan fingerprint density at radius 2 is 1.42 bits per heavy atom. The number of hydrogen-bond donors (Lipinski definition) is 1. The summed E-state index contributed by atoms with van der Waals surface area (Å²) < 4.78 is 0. The van der Waals surface area contributed by atoms with Crippen LogP contribution in [-0.2, 0) is 4.79 Å². The van der Waals surface area contributed by atoms with Crippen molar-refractivity contribution in [3.8, 4) is 0 Å². The van der Waals surface area contributed by atoms with Gasteiger partial charge in [-0.3, -0.25) is 4.79 Å². The Morgan fingerprint density at radius 3 is 2.04 bits per heavy atom. The topological polar surface area (TPSA) is 40.5 Å². The second kappa shape index (κ2) is 6.77. The van der Waals surface area contributed by atoms with E-state index in [2.05, 4.69) is 0 Å². The van der Waals surface area contributed by atoms with Crippen molar-refractivity contribution in [2.24, 2.45) is 5.92 Å². The summed E-state index contributed by atoms with van der Waals surface area (Å²) in [4.78, 5) is 14.8. The van der Waals surface area contributed by atoms with Crippen LogP contribution in [0.15, 0.2) is 84.9 Å². The van der Waals surface area contributed by atoms with Gasteiger partial charge in [0.05, 0.1) is 18.1 Å². The number of amides is 1. The highest BCUT2D eigenvalue weighted by molar-refractivity contribution is 6.03. The fraction of sp³-hybridized carbons (Fsp3) is 0.174. The van der Waals surface area contributed by atoms with Gasteiger partial charge in [0.15, 0.2) is 0 Å². The fourth-order valence-corrected chi connectivity index (χ4v) is 3.67. The summed E-state index contributed by atoms with van der Waals surface area (Å²) in [6, 6.07) is 27.1. The maximum absolute atomic E-state index is 13.0. The number of anilines is 1. The second-order valence-corrected chi connectivity index (χ2v) is 6.78. The smallest absolute Gasteiger partial charge is 0.236 e. The molecule has 1 aliphatic rings. The Balaban J connectivity index is 1.72. The number of β-lactam (4-membered cyclic amide) rings is 1. The molecule has 1 saturated heterocycles. The van der Waals surface area contributed by atoms with Gasteiger partial charge in [-0.2, -0.15) is 0 Å². The second-order valence-electron chi connectivity index (χ2n) is 6.78. The third-order valence-electron chi connectivity index (χ3n) is 5.08. The normalized spacial score (nSPS) is 20.5. The fourth-order valence-electron chi connectivity index (χ4n) is 3.67. The lowest BCUT2D eigenvalue weighted by atomic mass is 9.76. The minimum atomic E-state index is -0.826. The van der Waals surface area contributed by atoms with E-state index in [-0.39, 0.29) is 11.9 Å². The van der Waals surface area contributed by atoms with Gasteiger partial charge in [-0.15, -0.1) is 0 Å². The molecule has 0 radical (unpaired) electrons. The molecule has 3 nitrogen and oxygen atoms in total. The van der Waals surface area contributed by atoms with E-state index in [9.17, 15) is 9.90 Å². The summed E-state index contributed by atoms with van der Waals surface area (Å²) in [5.41, 5.74) is 3.81. The first-order valence-electron chi connectivity index (χ1n) is 8.84. The number of aliphatic hydroxyl groups is 1. The lowest BCUT2D eigenvalue weighted by molar-refractivity contribution is -0.136. The van der Waals surface area contributed by atoms with Crippen molar-refractivity contribution in [1.29, 1.82) is 0 Å². The molecule has 26 heavy (non-hydrogen) atoms. The molecule has 0 bridgehead atoms. The molecule has 0 saturated carbocycles. The zero-order valence-electron chi connectivity index (χ0n) is 14.6. The van der Waals surface area contributed by atoms with E-state index in [1.165, 1.54) is 0 Å². The molecule has 0 aliphatic carbocycles. The molecule has 3 unspecified atom stereocenters. The van der Waals surface area contributed by atoms with Gasteiger partial charge in [0.1, 0.15) is 0 Å². The number of para-hydroxylation sites is 1. The zero-order valence-corrected chi connectivity index (χ0v) is 14.6. The number of rotatable bonds is 4. The van der Waals surface area contributed by atoms with E-state index in [4.69, 9.17) is 0 Å². The number of carbonyl (C=O) groups excluding carboxylic acids is 1. The molecule has 1 heterocycles. The van der Waals surface area contributed by atoms with Gasteiger partial charge in [0, 0.05) is 5.69 Å². The first kappa shape index (κ1) is 16.6. The van der Waals surface area contributed by atoms with Crippen molar-refractivity contribution in [3.63, 3.8) is 0 Å². The van der Waals surface area contributed by atoms with Crippen LogP contribution in [0, 0.1) is 12.8 Å². The summed E-state index contributed by atoms with van der Waals surface area (Å²) in [6.45, 7) is 2.01. The van der Waals surface area contributed by atoms with Crippen LogP contribution in [0.4, 0.5) is 5.69 Å². The Morgan fingerprint density at radius 1 is 0.846 bits per heavy atom. The van der Waals surface area contributed by atoms with Crippen molar-refractivity contribution >= 4 is 11.6 Å². The average Bonchev–Trinajstić information content (AvgIpc) is 2.68. The van der Waals surface area contributed by atoms with E-state index in [0.717, 1.165) is 22.4 Å². The lowest BCUT2D eigenvalue weighted by Gasteiger charge is -2.49. The molecule has 4 rings (SSSR count). The van der Waals surface area contributed by atoms with Crippen LogP contribution in [0.3, 0.4) is 0 Å². The molecule has 0 spiro atoms. The molecular formula is C23H21NO2. The molecule has 3 aromatic rings. The maximum Gasteiger partial charge on any atom is 0.236 e. The predicted molar refractivity (Wildman–Crippen MR) is 103 cm³/mol. The van der Waals surface area contributed by atoms with Crippen LogP contribution in [0.5, 0.6) is 0 Å². The number of hydrogen-bond acceptors (Lipinski definition) is 2. The van der Waals surface area contributed by atoms with E-state index >= 15 is 0 Å². The van der Waals surface area contributed by atoms with Crippen LogP contribution in [0.25, 0.3) is 0 Å². The standard InChI is InChI=1S/C23H21NO2/c1-16-12-14-18(15-13-16)22(25)20-21(17-8-4-2-5-9-17)24(23(20)26)19-10-6-3-7-11-19/h2-15,20-22,25H,1H3. The zero-order chi connectivity index (χ0) is 18.1. The van der Waals surface area contributed by atoms with Gasteiger partial charge in [-0.05, 0) is 30.2 Å². The summed E-state index contributed by atoms with van der Waals surface area (Å²) in [6.07, 6.45) is -0.826. The minimum Gasteiger partial charge on any atom is -0.387 e. The van der Waals surface area contributed by atoms with Crippen LogP contribution < -0.4 is 4.90 Å². The first-order chi connectivity index (χ1) is 12.7. The molecule has 3 aromatic carbocycles. The van der Waals surface area contributed by atoms with Gasteiger partial charge in [0.25, 0.3) is 0 Å². The van der Waals surface area contributed by atoms with Crippen molar-refractivity contribution < 1.29 is 9.90 Å². The Kier molecular flexibility index (Phi) is 4.31. The summed E-state index contributed by atoms with van der Waals surface area (Å²) in [5.74, 6) is -0.529. The third kappa shape index (κ3) is 2.80. The molecular weight excluding hydrogens is 322 g/mol. The molecule has 1 N–H and O–H groups in total. The molecule has 0 aromatic heterocycles. The van der Waals surface area contributed by atoms with Gasteiger partial charge in [0.2, 0.25) is 5.91 Å². The monoisotopic (exact) mass is 343 g/mol. The number of aryl methyl sites for hydroxylation is 1. The quantitative estimate of drug-likeness (QED) is 0.712. The summed E-state index contributed by atoms with van der Waals surface area (Å²) >= 11 is 0. The molecule has 1 fully saturated rings. The predicted octanol–water partition coefficient (Wildman–Crippen LogP) is 4.43. The molecule has 3 heteroatoms. The first-order valence-corrected chi connectivity index (χ1v) is 8.84. The molecule has 3 atom stereocenters. The van der Waals surface area contributed by atoms with Crippen LogP contribution in [0.1, 0.15) is 28.8 Å². The SMILES string of the molecule is Cc1ccc(C(O)C2C(=O)N(c3ccccc3)C2c2ccccc2)cc1. The maximum atomic E-state index is 13.0. The van der Waals surface area contributed by atoms with Gasteiger partial charge < -0.3 is 10.0 Å². The van der Waals surface area contributed by atoms with Gasteiger partial charge in [-0.1, -0.05) is 78.4 Å². The van der Waals surface area contributed by atoms with E-state index < -0.39 is 12.0 Å². The Bertz CT molecular complexity index is 891. The molecule has 1 amide bonds. The van der Waals surface area contributed by atoms with E-state index in [0.29, 0.717) is 0 Å². The van der Waals surface area contributed by atoms with Crippen LogP contribution in [0.2, 0.25) is 0 Å². The van der Waals surface area contributed by atoms with Crippen molar-refractivity contribution in [2.45, 2.75) is 19.1 Å². The van der Waals surface area contributed by atoms with Crippen LogP contribution in [-0.4, -0.2) is 11.0 Å². The summed E-state index contributed by atoms with van der Waals surface area (Å²) in [7, 11) is 0. The Hall–Kier alpha value is -2.91. The van der Waals surface area contributed by atoms with E-state index in [1.807, 2.05) is 91.9 Å². The summed E-state index contributed by atoms with van der Waals surface area (Å²) in [5, 5.41) is 11.0. The number of carbonyl (C=O) groups is 1. The van der Waals surface area contributed by atoms with Gasteiger partial charge >= 0.3 is 0 Å². The lowest BCUT2D eigenvalue weighted by Crippen LogP contribution is -2.57. The van der Waals surface area contributed by atoms with Crippen molar-refractivity contribution in [3.05, 3.63) is 102 Å². The number of benzene rings is 3. The van der Waals surface area contributed by atoms with Crippen molar-refractivity contribution in [2.75, 3.05) is 4.90 Å². The van der Waals surface area contributed by atoms with Crippen molar-refractivity contribution in [1.82, 2.24) is 0 Å². The highest BCUT2D eigenvalue weighted by Crippen LogP contribution is 2.48. The molecule has 1 aliphatic heterocycles. The third-order valence-corrected chi connectivity index (χ3v) is 5.08. The largest absolute Gasteiger partial charge is 0.387 e. The van der Waals surface area contributed by atoms with Gasteiger partial charge in [-0.25, -0.2) is 0 Å². The Labute approximate surface area is 153 Å². The number of nitrogens with zero attached hydrogens (tertiary/aromatic N) is 1. The highest BCUT2D eigenvalue weighted by Gasteiger charge is 2.52. The van der Waals surface area contributed by atoms with E-state index in [1.54, 1.807) is 4.90 Å².